The minimum atomic E-state index is -0.691. The Balaban J connectivity index is 1.56. The Morgan fingerprint density at radius 1 is 1.23 bits per heavy atom. The van der Waals surface area contributed by atoms with E-state index in [2.05, 4.69) is 23.1 Å². The lowest BCUT2D eigenvalue weighted by Crippen LogP contribution is -2.44. The van der Waals surface area contributed by atoms with E-state index >= 15 is 0 Å². The fourth-order valence-electron chi connectivity index (χ4n) is 3.32. The molecule has 1 aromatic carbocycles. The highest BCUT2D eigenvalue weighted by atomic mass is 16.3. The zero-order valence-electron chi connectivity index (χ0n) is 12.9. The van der Waals surface area contributed by atoms with Crippen molar-refractivity contribution in [3.05, 3.63) is 35.4 Å². The molecule has 2 heterocycles. The van der Waals surface area contributed by atoms with Crippen LogP contribution in [0.15, 0.2) is 24.3 Å². The van der Waals surface area contributed by atoms with Crippen LogP contribution in [0.4, 0.5) is 0 Å². The van der Waals surface area contributed by atoms with Gasteiger partial charge in [-0.25, -0.2) is 0 Å². The average molecular weight is 302 g/mol. The number of rotatable bonds is 4. The molecule has 1 N–H and O–H groups in total. The summed E-state index contributed by atoms with van der Waals surface area (Å²) in [5.41, 5.74) is 2.66. The maximum atomic E-state index is 11.9. The number of likely N-dealkylation sites (tertiary alicyclic amines) is 1. The predicted molar refractivity (Wildman–Crippen MR) is 81.9 cm³/mol. The number of aliphatic hydroxyl groups excluding tert-OH is 1. The Morgan fingerprint density at radius 3 is 2.64 bits per heavy atom. The van der Waals surface area contributed by atoms with Gasteiger partial charge in [0.05, 0.1) is 12.6 Å². The average Bonchev–Trinajstić information content (AvgIpc) is 2.73. The lowest BCUT2D eigenvalue weighted by Gasteiger charge is -2.31. The summed E-state index contributed by atoms with van der Waals surface area (Å²) in [7, 11) is 0. The number of fused-ring (bicyclic) bond motifs is 1. The molecule has 0 aromatic heterocycles. The van der Waals surface area contributed by atoms with Gasteiger partial charge in [0.25, 0.3) is 0 Å². The molecule has 22 heavy (non-hydrogen) atoms. The molecule has 0 aliphatic carbocycles. The van der Waals surface area contributed by atoms with Crippen LogP contribution in [-0.2, 0) is 22.6 Å². The summed E-state index contributed by atoms with van der Waals surface area (Å²) < 4.78 is 0. The van der Waals surface area contributed by atoms with Crippen molar-refractivity contribution in [2.24, 2.45) is 5.92 Å². The van der Waals surface area contributed by atoms with Crippen LogP contribution in [0.1, 0.15) is 24.5 Å². The number of carbonyl (C=O) groups excluding carboxylic acids is 2. The molecule has 0 spiro atoms. The predicted octanol–water partition coefficient (Wildman–Crippen LogP) is 0.801. The van der Waals surface area contributed by atoms with Crippen LogP contribution in [-0.4, -0.2) is 52.5 Å². The Kier molecular flexibility index (Phi) is 4.27. The van der Waals surface area contributed by atoms with Crippen molar-refractivity contribution in [2.45, 2.75) is 32.4 Å². The third-order valence-electron chi connectivity index (χ3n) is 4.54. The molecule has 5 heteroatoms. The number of benzene rings is 1. The first-order chi connectivity index (χ1) is 10.5. The van der Waals surface area contributed by atoms with Crippen LogP contribution in [0.25, 0.3) is 0 Å². The van der Waals surface area contributed by atoms with Gasteiger partial charge in [-0.15, -0.1) is 0 Å². The molecule has 1 aromatic rings. The number of hydrogen-bond donors (Lipinski definition) is 1. The van der Waals surface area contributed by atoms with Crippen LogP contribution in [0.5, 0.6) is 0 Å². The third kappa shape index (κ3) is 3.05. The van der Waals surface area contributed by atoms with Gasteiger partial charge >= 0.3 is 0 Å². The van der Waals surface area contributed by atoms with Gasteiger partial charge in [-0.05, 0) is 17.5 Å². The van der Waals surface area contributed by atoms with Crippen molar-refractivity contribution >= 4 is 11.8 Å². The van der Waals surface area contributed by atoms with E-state index in [4.69, 9.17) is 0 Å². The van der Waals surface area contributed by atoms with Crippen molar-refractivity contribution in [1.82, 2.24) is 9.80 Å². The van der Waals surface area contributed by atoms with Crippen molar-refractivity contribution in [2.75, 3.05) is 19.6 Å². The Morgan fingerprint density at radius 2 is 1.95 bits per heavy atom. The largest absolute Gasteiger partial charge is 0.390 e. The Bertz CT molecular complexity index is 587. The normalized spacial score (nSPS) is 23.7. The molecular weight excluding hydrogens is 280 g/mol. The molecular formula is C17H22N2O3. The zero-order chi connectivity index (χ0) is 15.7. The monoisotopic (exact) mass is 302 g/mol. The van der Waals surface area contributed by atoms with E-state index < -0.39 is 6.10 Å². The number of hydrogen-bond acceptors (Lipinski definition) is 4. The summed E-state index contributed by atoms with van der Waals surface area (Å²) in [5.74, 6) is -0.574. The fraction of sp³-hybridized carbons (Fsp3) is 0.529. The Labute approximate surface area is 130 Å². The van der Waals surface area contributed by atoms with Gasteiger partial charge in [0.2, 0.25) is 11.8 Å². The van der Waals surface area contributed by atoms with E-state index in [-0.39, 0.29) is 30.7 Å². The number of β-amino-alcohol motifs (C(OH)–C–C–N with tert-alkyl or cyclic N) is 1. The van der Waals surface area contributed by atoms with Gasteiger partial charge < -0.3 is 5.11 Å². The molecule has 0 radical (unpaired) electrons. The number of nitrogens with zero attached hydrogens (tertiary/aromatic N) is 2. The molecule has 118 valence electrons. The molecule has 1 saturated heterocycles. The fourth-order valence-corrected chi connectivity index (χ4v) is 3.32. The highest BCUT2D eigenvalue weighted by molar-refractivity contribution is 6.03. The van der Waals surface area contributed by atoms with Gasteiger partial charge in [-0.3, -0.25) is 19.4 Å². The quantitative estimate of drug-likeness (QED) is 0.836. The molecule has 2 aliphatic heterocycles. The van der Waals surface area contributed by atoms with E-state index in [1.54, 1.807) is 6.92 Å². The molecule has 2 amide bonds. The van der Waals surface area contributed by atoms with E-state index in [1.165, 1.54) is 16.0 Å². The topological polar surface area (TPSA) is 60.9 Å². The van der Waals surface area contributed by atoms with E-state index in [9.17, 15) is 14.7 Å². The van der Waals surface area contributed by atoms with Crippen LogP contribution < -0.4 is 0 Å². The minimum absolute atomic E-state index is 0.111. The van der Waals surface area contributed by atoms with Crippen LogP contribution >= 0.6 is 0 Å². The summed E-state index contributed by atoms with van der Waals surface area (Å²) in [5, 5.41) is 10.2. The summed E-state index contributed by atoms with van der Waals surface area (Å²) in [6.07, 6.45) is 0.549. The number of imide groups is 1. The standard InChI is InChI=1S/C17H22N2O3/c1-12-8-16(21)19(17(12)22)11-15(20)10-18-7-6-13-4-2-3-5-14(13)9-18/h2-5,12,15,20H,6-11H2,1H3. The van der Waals surface area contributed by atoms with Crippen LogP contribution in [0.3, 0.4) is 0 Å². The molecule has 2 atom stereocenters. The van der Waals surface area contributed by atoms with Gasteiger partial charge in [-0.2, -0.15) is 0 Å². The first-order valence-corrected chi connectivity index (χ1v) is 7.86. The molecule has 2 aliphatic rings. The lowest BCUT2D eigenvalue weighted by atomic mass is 10.00. The van der Waals surface area contributed by atoms with E-state index in [1.807, 2.05) is 6.07 Å². The van der Waals surface area contributed by atoms with Gasteiger partial charge in [-0.1, -0.05) is 31.2 Å². The number of aliphatic hydroxyl groups is 1. The molecule has 0 saturated carbocycles. The van der Waals surface area contributed by atoms with E-state index in [0.717, 1.165) is 19.5 Å². The van der Waals surface area contributed by atoms with Gasteiger partial charge in [0, 0.05) is 32.0 Å². The summed E-state index contributed by atoms with van der Waals surface area (Å²) in [4.78, 5) is 27.1. The number of amides is 2. The second kappa shape index (κ2) is 6.18. The molecule has 5 nitrogen and oxygen atoms in total. The highest BCUT2D eigenvalue weighted by Crippen LogP contribution is 2.21. The first-order valence-electron chi connectivity index (χ1n) is 7.86. The van der Waals surface area contributed by atoms with Crippen molar-refractivity contribution in [3.63, 3.8) is 0 Å². The Hall–Kier alpha value is -1.72. The maximum absolute atomic E-state index is 11.9. The van der Waals surface area contributed by atoms with Crippen LogP contribution in [0, 0.1) is 5.92 Å². The summed E-state index contributed by atoms with van der Waals surface area (Å²) in [6, 6.07) is 8.34. The first kappa shape index (κ1) is 15.2. The van der Waals surface area contributed by atoms with E-state index in [0.29, 0.717) is 6.54 Å². The molecule has 1 fully saturated rings. The molecule has 3 rings (SSSR count). The summed E-state index contributed by atoms with van der Waals surface area (Å²) in [6.45, 7) is 4.06. The lowest BCUT2D eigenvalue weighted by molar-refractivity contribution is -0.141. The highest BCUT2D eigenvalue weighted by Gasteiger charge is 2.36. The smallest absolute Gasteiger partial charge is 0.232 e. The third-order valence-corrected chi connectivity index (χ3v) is 4.54. The summed E-state index contributed by atoms with van der Waals surface area (Å²) >= 11 is 0. The second-order valence-corrected chi connectivity index (χ2v) is 6.36. The maximum Gasteiger partial charge on any atom is 0.232 e. The minimum Gasteiger partial charge on any atom is -0.390 e. The van der Waals surface area contributed by atoms with Gasteiger partial charge in [0.15, 0.2) is 0 Å². The second-order valence-electron chi connectivity index (χ2n) is 6.36. The molecule has 0 bridgehead atoms. The number of carbonyl (C=O) groups is 2. The van der Waals surface area contributed by atoms with Crippen LogP contribution in [0.2, 0.25) is 0 Å². The van der Waals surface area contributed by atoms with Crippen molar-refractivity contribution in [3.8, 4) is 0 Å². The SMILES string of the molecule is CC1CC(=O)N(CC(O)CN2CCc3ccccc3C2)C1=O. The van der Waals surface area contributed by atoms with Crippen molar-refractivity contribution in [1.29, 1.82) is 0 Å². The van der Waals surface area contributed by atoms with Gasteiger partial charge in [0.1, 0.15) is 0 Å². The molecule has 2 unspecified atom stereocenters. The van der Waals surface area contributed by atoms with Crippen molar-refractivity contribution < 1.29 is 14.7 Å². The zero-order valence-corrected chi connectivity index (χ0v) is 12.9.